The second kappa shape index (κ2) is 4.90. The van der Waals surface area contributed by atoms with Gasteiger partial charge in [0.1, 0.15) is 0 Å². The molecule has 0 aliphatic heterocycles. The smallest absolute Gasteiger partial charge is 0.285 e. The van der Waals surface area contributed by atoms with E-state index in [1.54, 1.807) is 25.1 Å². The molecule has 1 aromatic carbocycles. The lowest BCUT2D eigenvalue weighted by molar-refractivity contribution is -0.00397. The Labute approximate surface area is 88.5 Å². The fraction of sp³-hybridized carbons (Fsp3) is 0.333. The topological polar surface area (TPSA) is 12.0 Å². The highest BCUT2D eigenvalue weighted by molar-refractivity contribution is 5.20. The summed E-state index contributed by atoms with van der Waals surface area (Å²) in [6.45, 7) is 1.23. The van der Waals surface area contributed by atoms with Gasteiger partial charge in [0.05, 0.1) is 12.6 Å². The Balaban J connectivity index is 2.64. The summed E-state index contributed by atoms with van der Waals surface area (Å²) in [5.74, 6) is -0.538. The van der Waals surface area contributed by atoms with Gasteiger partial charge in [0, 0.05) is 5.56 Å². The Bertz CT molecular complexity index is 340. The van der Waals surface area contributed by atoms with E-state index in [9.17, 15) is 8.78 Å². The van der Waals surface area contributed by atoms with Crippen molar-refractivity contribution in [3.05, 3.63) is 35.9 Å². The molecule has 1 atom stereocenters. The SMILES string of the molecule is C#CC(C)NCC(F)(F)c1ccccc1. The van der Waals surface area contributed by atoms with Crippen LogP contribution in [0.25, 0.3) is 0 Å². The van der Waals surface area contributed by atoms with Gasteiger partial charge in [-0.2, -0.15) is 8.78 Å². The molecule has 1 nitrogen and oxygen atoms in total. The third kappa shape index (κ3) is 3.34. The van der Waals surface area contributed by atoms with E-state index in [0.717, 1.165) is 0 Å². The molecular formula is C12H13F2N. The molecule has 3 heteroatoms. The minimum atomic E-state index is -2.88. The molecule has 0 bridgehead atoms. The van der Waals surface area contributed by atoms with Crippen molar-refractivity contribution in [3.8, 4) is 12.3 Å². The molecule has 0 fully saturated rings. The predicted octanol–water partition coefficient (Wildman–Crippen LogP) is 2.39. The number of halogens is 2. The Kier molecular flexibility index (Phi) is 3.81. The molecule has 0 saturated carbocycles. The van der Waals surface area contributed by atoms with Crippen LogP contribution < -0.4 is 5.32 Å². The number of rotatable bonds is 4. The van der Waals surface area contributed by atoms with Crippen LogP contribution in [-0.2, 0) is 5.92 Å². The fourth-order valence-electron chi connectivity index (χ4n) is 1.12. The average Bonchev–Trinajstić information content (AvgIpc) is 2.27. The average molecular weight is 209 g/mol. The van der Waals surface area contributed by atoms with Crippen LogP contribution in [0.3, 0.4) is 0 Å². The van der Waals surface area contributed by atoms with Gasteiger partial charge < -0.3 is 0 Å². The highest BCUT2D eigenvalue weighted by atomic mass is 19.3. The number of hydrogen-bond acceptors (Lipinski definition) is 1. The van der Waals surface area contributed by atoms with Crippen molar-refractivity contribution in [3.63, 3.8) is 0 Å². The molecule has 1 unspecified atom stereocenters. The third-order valence-electron chi connectivity index (χ3n) is 2.08. The van der Waals surface area contributed by atoms with Gasteiger partial charge in [-0.05, 0) is 6.92 Å². The van der Waals surface area contributed by atoms with E-state index in [2.05, 4.69) is 11.2 Å². The second-order valence-corrected chi connectivity index (χ2v) is 3.34. The van der Waals surface area contributed by atoms with Crippen molar-refractivity contribution < 1.29 is 8.78 Å². The lowest BCUT2D eigenvalue weighted by Gasteiger charge is -2.18. The van der Waals surface area contributed by atoms with Crippen LogP contribution in [-0.4, -0.2) is 12.6 Å². The van der Waals surface area contributed by atoms with Crippen molar-refractivity contribution in [1.29, 1.82) is 0 Å². The maximum Gasteiger partial charge on any atom is 0.285 e. The van der Waals surface area contributed by atoms with Crippen LogP contribution >= 0.6 is 0 Å². The van der Waals surface area contributed by atoms with Crippen molar-refractivity contribution >= 4 is 0 Å². The molecule has 80 valence electrons. The van der Waals surface area contributed by atoms with Gasteiger partial charge in [-0.15, -0.1) is 6.42 Å². The lowest BCUT2D eigenvalue weighted by Crippen LogP contribution is -2.35. The molecule has 0 spiro atoms. The molecule has 15 heavy (non-hydrogen) atoms. The van der Waals surface area contributed by atoms with E-state index in [1.165, 1.54) is 12.1 Å². The van der Waals surface area contributed by atoms with E-state index in [-0.39, 0.29) is 11.6 Å². The van der Waals surface area contributed by atoms with Crippen LogP contribution in [0.15, 0.2) is 30.3 Å². The van der Waals surface area contributed by atoms with Crippen molar-refractivity contribution in [2.75, 3.05) is 6.54 Å². The fourth-order valence-corrected chi connectivity index (χ4v) is 1.12. The van der Waals surface area contributed by atoms with E-state index in [4.69, 9.17) is 6.42 Å². The molecule has 1 aromatic rings. The van der Waals surface area contributed by atoms with Crippen LogP contribution in [0.2, 0.25) is 0 Å². The molecule has 0 aromatic heterocycles. The van der Waals surface area contributed by atoms with Crippen LogP contribution in [0, 0.1) is 12.3 Å². The summed E-state index contributed by atoms with van der Waals surface area (Å²) >= 11 is 0. The highest BCUT2D eigenvalue weighted by Crippen LogP contribution is 2.26. The molecule has 0 heterocycles. The van der Waals surface area contributed by atoms with Gasteiger partial charge in [-0.1, -0.05) is 36.3 Å². The maximum absolute atomic E-state index is 13.5. The second-order valence-electron chi connectivity index (χ2n) is 3.34. The summed E-state index contributed by atoms with van der Waals surface area (Å²) in [5, 5.41) is 2.58. The molecule has 0 aliphatic rings. The number of benzene rings is 1. The Morgan fingerprint density at radius 1 is 1.40 bits per heavy atom. The summed E-state index contributed by atoms with van der Waals surface area (Å²) in [6.07, 6.45) is 5.08. The van der Waals surface area contributed by atoms with Gasteiger partial charge in [-0.25, -0.2) is 0 Å². The summed E-state index contributed by atoms with van der Waals surface area (Å²) in [4.78, 5) is 0. The zero-order chi connectivity index (χ0) is 11.3. The van der Waals surface area contributed by atoms with E-state index < -0.39 is 12.5 Å². The van der Waals surface area contributed by atoms with Gasteiger partial charge in [-0.3, -0.25) is 5.32 Å². The Morgan fingerprint density at radius 3 is 2.53 bits per heavy atom. The summed E-state index contributed by atoms with van der Waals surface area (Å²) in [5.41, 5.74) is 0.00159. The third-order valence-corrected chi connectivity index (χ3v) is 2.08. The van der Waals surface area contributed by atoms with Gasteiger partial charge in [0.25, 0.3) is 5.92 Å². The normalized spacial score (nSPS) is 13.2. The first kappa shape index (κ1) is 11.7. The Morgan fingerprint density at radius 2 is 2.00 bits per heavy atom. The minimum Gasteiger partial charge on any atom is -0.298 e. The summed E-state index contributed by atoms with van der Waals surface area (Å²) < 4.78 is 27.0. The van der Waals surface area contributed by atoms with Gasteiger partial charge >= 0.3 is 0 Å². The molecule has 1 N–H and O–H groups in total. The lowest BCUT2D eigenvalue weighted by atomic mass is 10.1. The first-order valence-electron chi connectivity index (χ1n) is 4.69. The number of terminal acetylenes is 1. The standard InChI is InChI=1S/C12H13F2N/c1-3-10(2)15-9-12(13,14)11-7-5-4-6-8-11/h1,4-8,10,15H,9H2,2H3. The molecule has 0 saturated heterocycles. The molecule has 0 radical (unpaired) electrons. The predicted molar refractivity (Wildman–Crippen MR) is 56.6 cm³/mol. The number of alkyl halides is 2. The van der Waals surface area contributed by atoms with Crippen molar-refractivity contribution in [2.24, 2.45) is 0 Å². The van der Waals surface area contributed by atoms with Crippen LogP contribution in [0.5, 0.6) is 0 Å². The first-order valence-corrected chi connectivity index (χ1v) is 4.69. The van der Waals surface area contributed by atoms with Crippen LogP contribution in [0.4, 0.5) is 8.78 Å². The molecule has 0 amide bonds. The largest absolute Gasteiger partial charge is 0.298 e. The maximum atomic E-state index is 13.5. The first-order chi connectivity index (χ1) is 7.06. The molecule has 0 aliphatic carbocycles. The van der Waals surface area contributed by atoms with Crippen LogP contribution in [0.1, 0.15) is 12.5 Å². The summed E-state index contributed by atoms with van der Waals surface area (Å²) in [7, 11) is 0. The molecule has 1 rings (SSSR count). The summed E-state index contributed by atoms with van der Waals surface area (Å²) in [6, 6.07) is 7.35. The van der Waals surface area contributed by atoms with Gasteiger partial charge in [0.2, 0.25) is 0 Å². The molecular weight excluding hydrogens is 196 g/mol. The zero-order valence-corrected chi connectivity index (χ0v) is 8.50. The van der Waals surface area contributed by atoms with E-state index >= 15 is 0 Å². The van der Waals surface area contributed by atoms with Crippen molar-refractivity contribution in [2.45, 2.75) is 18.9 Å². The van der Waals surface area contributed by atoms with Crippen molar-refractivity contribution in [1.82, 2.24) is 5.32 Å². The van der Waals surface area contributed by atoms with E-state index in [0.29, 0.717) is 0 Å². The Hall–Kier alpha value is -1.40. The van der Waals surface area contributed by atoms with Gasteiger partial charge in [0.15, 0.2) is 0 Å². The number of nitrogens with one attached hydrogen (secondary N) is 1. The minimum absolute atomic E-state index is 0.00159. The van der Waals surface area contributed by atoms with E-state index in [1.807, 2.05) is 0 Å². The highest BCUT2D eigenvalue weighted by Gasteiger charge is 2.30. The number of hydrogen-bond donors (Lipinski definition) is 1. The monoisotopic (exact) mass is 209 g/mol. The zero-order valence-electron chi connectivity index (χ0n) is 8.50. The quantitative estimate of drug-likeness (QED) is 0.751.